The first-order chi connectivity index (χ1) is 46.0. The van der Waals surface area contributed by atoms with Gasteiger partial charge in [0.2, 0.25) is 0 Å². The minimum absolute atomic E-state index is 0.598. The fourth-order valence-electron chi connectivity index (χ4n) is 18.2. The van der Waals surface area contributed by atoms with Gasteiger partial charge in [0.25, 0.3) is 0 Å². The first kappa shape index (κ1) is 53.3. The second-order valence-electron chi connectivity index (χ2n) is 25.7. The summed E-state index contributed by atoms with van der Waals surface area (Å²) in [5.41, 5.74) is 30.5. The molecule has 2 heteroatoms. The van der Waals surface area contributed by atoms with Crippen LogP contribution in [0, 0.1) is 0 Å². The standard InChI is InChI=1S/C91H62N2/c1-92-83-56-23-21-52-79(83)89(59-30-7-3-8-31-59,60-32-9-4-10-33-60)81-54-28-46-71(87(81)92)63-41-25-43-68-74(63)58-75-64(72-47-29-55-82-88(72)93(2)84-57-24-22-53-80(84)90(82,61-34-11-5-12-35-61)62-36-13-6-14-37-62)42-26-44-69(75)85(68)73-48-27-45-70-67-40-17-20-51-78(67)91(86(70)73)76-49-18-15-38-65(76)66-39-16-19-50-77(66)91/h3-58H,1-2H3. The Morgan fingerprint density at radius 2 is 0.495 bits per heavy atom. The quantitative estimate of drug-likeness (QED) is 0.147. The average molecular weight is 1180 g/mol. The molecule has 0 atom stereocenters. The van der Waals surface area contributed by atoms with Gasteiger partial charge in [-0.1, -0.05) is 322 Å². The summed E-state index contributed by atoms with van der Waals surface area (Å²) >= 11 is 0. The molecule has 2 heterocycles. The van der Waals surface area contributed by atoms with Crippen molar-refractivity contribution < 1.29 is 0 Å². The lowest BCUT2D eigenvalue weighted by Gasteiger charge is -2.46. The Bertz CT molecular complexity index is 5160. The van der Waals surface area contributed by atoms with E-state index in [0.29, 0.717) is 0 Å². The minimum Gasteiger partial charge on any atom is -0.344 e. The van der Waals surface area contributed by atoms with E-state index in [1.807, 2.05) is 0 Å². The van der Waals surface area contributed by atoms with E-state index in [9.17, 15) is 0 Å². The van der Waals surface area contributed by atoms with E-state index in [-0.39, 0.29) is 0 Å². The van der Waals surface area contributed by atoms with Gasteiger partial charge in [-0.3, -0.25) is 0 Å². The maximum Gasteiger partial charge on any atom is 0.0742 e. The molecule has 0 radical (unpaired) electrons. The van der Waals surface area contributed by atoms with Gasteiger partial charge in [-0.05, 0) is 151 Å². The van der Waals surface area contributed by atoms with Crippen LogP contribution in [0.1, 0.15) is 66.8 Å². The summed E-state index contributed by atoms with van der Waals surface area (Å²) in [6.45, 7) is 0. The predicted molar refractivity (Wildman–Crippen MR) is 387 cm³/mol. The summed E-state index contributed by atoms with van der Waals surface area (Å²) in [6.07, 6.45) is 0. The molecule has 0 unspecified atom stereocenters. The SMILES string of the molecule is CN1c2ccccc2C(c2ccccc2)(c2ccccc2)c2cccc(-c3cccc4c(-c5cccc6c5C5(c7ccccc7-c7ccccc75)c5ccccc5-6)c5cccc(-c6cccc7c6N(C)c6ccccc6C7(c6ccccc6)c6ccccc6)c5cc34)c21. The zero-order valence-electron chi connectivity index (χ0n) is 51.7. The summed E-state index contributed by atoms with van der Waals surface area (Å²) in [4.78, 5) is 4.96. The van der Waals surface area contributed by atoms with Gasteiger partial charge in [0, 0.05) is 36.6 Å². The van der Waals surface area contributed by atoms with Crippen molar-refractivity contribution in [2.45, 2.75) is 16.2 Å². The fourth-order valence-corrected chi connectivity index (χ4v) is 18.2. The number of hydrogen-bond acceptors (Lipinski definition) is 2. The zero-order valence-corrected chi connectivity index (χ0v) is 51.7. The molecule has 2 aliphatic heterocycles. The molecule has 15 aromatic rings. The number of anilines is 4. The van der Waals surface area contributed by atoms with E-state index in [4.69, 9.17) is 0 Å². The highest BCUT2D eigenvalue weighted by atomic mass is 15.1. The molecule has 2 aliphatic carbocycles. The van der Waals surface area contributed by atoms with Gasteiger partial charge in [-0.15, -0.1) is 0 Å². The van der Waals surface area contributed by atoms with E-state index in [0.717, 1.165) is 0 Å². The van der Waals surface area contributed by atoms with Crippen molar-refractivity contribution in [3.8, 4) is 55.6 Å². The highest BCUT2D eigenvalue weighted by Crippen LogP contribution is 2.66. The van der Waals surface area contributed by atoms with Crippen LogP contribution >= 0.6 is 0 Å². The van der Waals surface area contributed by atoms with Gasteiger partial charge in [0.15, 0.2) is 0 Å². The lowest BCUT2D eigenvalue weighted by atomic mass is 9.62. The maximum absolute atomic E-state index is 2.57. The zero-order chi connectivity index (χ0) is 61.6. The number of para-hydroxylation sites is 4. The second-order valence-corrected chi connectivity index (χ2v) is 25.7. The van der Waals surface area contributed by atoms with Gasteiger partial charge in [0.05, 0.1) is 27.6 Å². The van der Waals surface area contributed by atoms with Gasteiger partial charge in [0.1, 0.15) is 0 Å². The third-order valence-electron chi connectivity index (χ3n) is 21.6. The normalized spacial score (nSPS) is 14.6. The van der Waals surface area contributed by atoms with Crippen LogP contribution in [0.25, 0.3) is 77.2 Å². The summed E-state index contributed by atoms with van der Waals surface area (Å²) in [5.74, 6) is 0. The Hall–Kier alpha value is -11.6. The van der Waals surface area contributed by atoms with Gasteiger partial charge in [-0.2, -0.15) is 0 Å². The van der Waals surface area contributed by atoms with Crippen molar-refractivity contribution >= 4 is 44.3 Å². The Morgan fingerprint density at radius 1 is 0.204 bits per heavy atom. The van der Waals surface area contributed by atoms with Crippen LogP contribution in [0.4, 0.5) is 22.7 Å². The van der Waals surface area contributed by atoms with Crippen molar-refractivity contribution in [2.75, 3.05) is 23.9 Å². The molecule has 1 spiro atoms. The third kappa shape index (κ3) is 7.02. The molecule has 0 amide bonds. The summed E-state index contributed by atoms with van der Waals surface area (Å²) in [6, 6.07) is 129. The average Bonchev–Trinajstić information content (AvgIpc) is 1.59. The number of fused-ring (bicyclic) bond motifs is 16. The molecular formula is C91H62N2. The molecule has 0 bridgehead atoms. The van der Waals surface area contributed by atoms with Crippen LogP contribution in [-0.4, -0.2) is 14.1 Å². The van der Waals surface area contributed by atoms with Crippen molar-refractivity contribution in [3.05, 3.63) is 406 Å². The van der Waals surface area contributed by atoms with Crippen LogP contribution in [0.3, 0.4) is 0 Å². The summed E-state index contributed by atoms with van der Waals surface area (Å²) in [5, 5.41) is 4.80. The molecule has 0 saturated carbocycles. The molecule has 0 N–H and O–H groups in total. The summed E-state index contributed by atoms with van der Waals surface area (Å²) in [7, 11) is 4.57. The molecule has 436 valence electrons. The Labute approximate surface area is 543 Å². The lowest BCUT2D eigenvalue weighted by Crippen LogP contribution is -2.38. The molecule has 4 aliphatic rings. The third-order valence-corrected chi connectivity index (χ3v) is 21.6. The van der Waals surface area contributed by atoms with Crippen molar-refractivity contribution in [2.24, 2.45) is 0 Å². The Morgan fingerprint density at radius 3 is 0.914 bits per heavy atom. The number of rotatable bonds is 7. The molecule has 93 heavy (non-hydrogen) atoms. The van der Waals surface area contributed by atoms with Crippen LogP contribution < -0.4 is 9.80 Å². The predicted octanol–water partition coefficient (Wildman–Crippen LogP) is 22.3. The van der Waals surface area contributed by atoms with Crippen LogP contribution in [0.15, 0.2) is 340 Å². The molecule has 19 rings (SSSR count). The van der Waals surface area contributed by atoms with Gasteiger partial charge < -0.3 is 9.80 Å². The smallest absolute Gasteiger partial charge is 0.0742 e. The fraction of sp³-hybridized carbons (Fsp3) is 0.0549. The van der Waals surface area contributed by atoms with E-state index in [2.05, 4.69) is 364 Å². The second kappa shape index (κ2) is 20.2. The topological polar surface area (TPSA) is 6.48 Å². The van der Waals surface area contributed by atoms with Crippen molar-refractivity contribution in [1.29, 1.82) is 0 Å². The largest absolute Gasteiger partial charge is 0.344 e. The monoisotopic (exact) mass is 1180 g/mol. The lowest BCUT2D eigenvalue weighted by molar-refractivity contribution is 0.728. The van der Waals surface area contributed by atoms with Crippen molar-refractivity contribution in [1.82, 2.24) is 0 Å². The van der Waals surface area contributed by atoms with Crippen molar-refractivity contribution in [3.63, 3.8) is 0 Å². The molecule has 0 saturated heterocycles. The summed E-state index contributed by atoms with van der Waals surface area (Å²) < 4.78 is 0. The molecule has 0 fully saturated rings. The Kier molecular flexibility index (Phi) is 11.6. The maximum atomic E-state index is 2.57. The number of nitrogens with zero attached hydrogens (tertiary/aromatic N) is 2. The molecular weight excluding hydrogens is 1120 g/mol. The van der Waals surface area contributed by atoms with E-state index >= 15 is 0 Å². The highest BCUT2D eigenvalue weighted by molar-refractivity contribution is 6.21. The molecule has 0 aromatic heterocycles. The Balaban J connectivity index is 0.959. The molecule has 15 aromatic carbocycles. The van der Waals surface area contributed by atoms with Crippen LogP contribution in [0.2, 0.25) is 0 Å². The number of benzene rings is 15. The van der Waals surface area contributed by atoms with Gasteiger partial charge >= 0.3 is 0 Å². The highest BCUT2D eigenvalue weighted by Gasteiger charge is 2.54. The van der Waals surface area contributed by atoms with Crippen LogP contribution in [-0.2, 0) is 16.2 Å². The first-order valence-corrected chi connectivity index (χ1v) is 32.6. The van der Waals surface area contributed by atoms with E-state index in [1.165, 1.54) is 167 Å². The van der Waals surface area contributed by atoms with E-state index in [1.54, 1.807) is 0 Å². The minimum atomic E-state index is -0.639. The molecule has 2 nitrogen and oxygen atoms in total. The first-order valence-electron chi connectivity index (χ1n) is 32.6. The van der Waals surface area contributed by atoms with E-state index < -0.39 is 16.2 Å². The van der Waals surface area contributed by atoms with Gasteiger partial charge in [-0.25, -0.2) is 0 Å². The number of hydrogen-bond donors (Lipinski definition) is 0. The van der Waals surface area contributed by atoms with Crippen LogP contribution in [0.5, 0.6) is 0 Å².